The molecule has 4 rings (SSSR count). The molecule has 0 aromatic carbocycles. The normalized spacial score (nSPS) is 23.2. The molecule has 0 radical (unpaired) electrons. The molecule has 0 amide bonds. The van der Waals surface area contributed by atoms with Crippen LogP contribution in [0.15, 0.2) is 0 Å². The van der Waals surface area contributed by atoms with E-state index in [0.29, 0.717) is 17.7 Å². The SMILES string of the molecule is Nc1c(C(=O)C2CC2)sc(NC2CCCCC2)c1C1CC1. The van der Waals surface area contributed by atoms with E-state index < -0.39 is 0 Å². The lowest BCUT2D eigenvalue weighted by atomic mass is 9.95. The summed E-state index contributed by atoms with van der Waals surface area (Å²) < 4.78 is 0. The maximum atomic E-state index is 12.4. The molecule has 1 aromatic heterocycles. The van der Waals surface area contributed by atoms with Gasteiger partial charge < -0.3 is 11.1 Å². The highest BCUT2D eigenvalue weighted by Gasteiger charge is 2.37. The van der Waals surface area contributed by atoms with Crippen LogP contribution in [-0.4, -0.2) is 11.8 Å². The standard InChI is InChI=1S/C17H24N2OS/c18-14-13(10-6-7-10)17(19-12-4-2-1-3-5-12)21-16(14)15(20)11-8-9-11/h10-12,19H,1-9,18H2. The molecular formula is C17H24N2OS. The van der Waals surface area contributed by atoms with Gasteiger partial charge in [-0.05, 0) is 44.4 Å². The first-order valence-corrected chi connectivity index (χ1v) is 9.28. The van der Waals surface area contributed by atoms with Crippen molar-refractivity contribution in [1.29, 1.82) is 0 Å². The van der Waals surface area contributed by atoms with Gasteiger partial charge in [0, 0.05) is 17.5 Å². The van der Waals surface area contributed by atoms with Gasteiger partial charge in [0.15, 0.2) is 5.78 Å². The quantitative estimate of drug-likeness (QED) is 0.785. The van der Waals surface area contributed by atoms with E-state index in [9.17, 15) is 4.79 Å². The van der Waals surface area contributed by atoms with Crippen LogP contribution < -0.4 is 11.1 Å². The van der Waals surface area contributed by atoms with Gasteiger partial charge >= 0.3 is 0 Å². The highest BCUT2D eigenvalue weighted by atomic mass is 32.1. The molecule has 1 heterocycles. The highest BCUT2D eigenvalue weighted by Crippen LogP contribution is 2.52. The lowest BCUT2D eigenvalue weighted by molar-refractivity contribution is 0.0972. The zero-order valence-electron chi connectivity index (χ0n) is 12.5. The average Bonchev–Trinajstić information content (AvgIpc) is 3.38. The Morgan fingerprint density at radius 2 is 1.76 bits per heavy atom. The molecular weight excluding hydrogens is 280 g/mol. The molecule has 0 spiro atoms. The number of rotatable bonds is 5. The van der Waals surface area contributed by atoms with E-state index in [1.54, 1.807) is 11.3 Å². The minimum atomic E-state index is 0.264. The summed E-state index contributed by atoms with van der Waals surface area (Å²) in [5.74, 6) is 1.17. The molecule has 3 nitrogen and oxygen atoms in total. The number of anilines is 2. The first-order chi connectivity index (χ1) is 10.2. The van der Waals surface area contributed by atoms with Gasteiger partial charge in [-0.2, -0.15) is 0 Å². The second-order valence-electron chi connectivity index (χ2n) is 6.98. The maximum Gasteiger partial charge on any atom is 0.178 e. The fourth-order valence-electron chi connectivity index (χ4n) is 3.49. The Morgan fingerprint density at radius 3 is 2.38 bits per heavy atom. The molecule has 3 aliphatic carbocycles. The van der Waals surface area contributed by atoms with Crippen molar-refractivity contribution in [2.24, 2.45) is 5.92 Å². The van der Waals surface area contributed by atoms with E-state index in [1.807, 2.05) is 0 Å². The summed E-state index contributed by atoms with van der Waals surface area (Å²) in [6.07, 6.45) is 11.1. The number of nitrogen functional groups attached to an aromatic ring is 1. The first kappa shape index (κ1) is 13.6. The molecule has 0 atom stereocenters. The van der Waals surface area contributed by atoms with Crippen LogP contribution in [0.5, 0.6) is 0 Å². The van der Waals surface area contributed by atoms with Gasteiger partial charge in [-0.3, -0.25) is 4.79 Å². The lowest BCUT2D eigenvalue weighted by Crippen LogP contribution is -2.22. The van der Waals surface area contributed by atoms with Crippen molar-refractivity contribution < 1.29 is 4.79 Å². The molecule has 0 saturated heterocycles. The number of nitrogens with two attached hydrogens (primary N) is 1. The Hall–Kier alpha value is -1.03. The largest absolute Gasteiger partial charge is 0.397 e. The summed E-state index contributed by atoms with van der Waals surface area (Å²) in [5, 5.41) is 4.95. The molecule has 0 unspecified atom stereocenters. The summed E-state index contributed by atoms with van der Waals surface area (Å²) in [5.41, 5.74) is 8.44. The Labute approximate surface area is 130 Å². The first-order valence-electron chi connectivity index (χ1n) is 8.47. The van der Waals surface area contributed by atoms with Crippen molar-refractivity contribution in [2.45, 2.75) is 69.7 Å². The molecule has 4 heteroatoms. The minimum absolute atomic E-state index is 0.264. The molecule has 3 saturated carbocycles. The number of carbonyl (C=O) groups is 1. The third-order valence-electron chi connectivity index (χ3n) is 5.08. The summed E-state index contributed by atoms with van der Waals surface area (Å²) in [7, 11) is 0. The van der Waals surface area contributed by atoms with E-state index in [1.165, 1.54) is 55.5 Å². The molecule has 114 valence electrons. The third-order valence-corrected chi connectivity index (χ3v) is 6.25. The monoisotopic (exact) mass is 304 g/mol. The molecule has 3 aliphatic rings. The Morgan fingerprint density at radius 1 is 1.05 bits per heavy atom. The zero-order valence-corrected chi connectivity index (χ0v) is 13.3. The van der Waals surface area contributed by atoms with E-state index in [-0.39, 0.29) is 5.92 Å². The van der Waals surface area contributed by atoms with E-state index >= 15 is 0 Å². The van der Waals surface area contributed by atoms with Crippen molar-refractivity contribution in [3.8, 4) is 0 Å². The molecule has 0 bridgehead atoms. The molecule has 21 heavy (non-hydrogen) atoms. The van der Waals surface area contributed by atoms with Crippen molar-refractivity contribution in [3.05, 3.63) is 10.4 Å². The van der Waals surface area contributed by atoms with Gasteiger partial charge in [-0.15, -0.1) is 11.3 Å². The number of thiophene rings is 1. The van der Waals surface area contributed by atoms with Crippen molar-refractivity contribution in [2.75, 3.05) is 11.1 Å². The maximum absolute atomic E-state index is 12.4. The van der Waals surface area contributed by atoms with Gasteiger partial charge in [-0.1, -0.05) is 19.3 Å². The fourth-order valence-corrected chi connectivity index (χ4v) is 4.79. The lowest BCUT2D eigenvalue weighted by Gasteiger charge is -2.23. The van der Waals surface area contributed by atoms with Gasteiger partial charge in [0.1, 0.15) is 0 Å². The molecule has 1 aromatic rings. The smallest absolute Gasteiger partial charge is 0.178 e. The number of hydrogen-bond donors (Lipinski definition) is 2. The fraction of sp³-hybridized carbons (Fsp3) is 0.706. The zero-order chi connectivity index (χ0) is 14.4. The van der Waals surface area contributed by atoms with Crippen LogP contribution in [0.3, 0.4) is 0 Å². The van der Waals surface area contributed by atoms with Crippen LogP contribution in [0.25, 0.3) is 0 Å². The third kappa shape index (κ3) is 2.70. The predicted octanol–water partition coefficient (Wildman–Crippen LogP) is 4.55. The Kier molecular flexibility index (Phi) is 3.44. The second kappa shape index (κ2) is 5.31. The number of nitrogens with one attached hydrogen (secondary N) is 1. The predicted molar refractivity (Wildman–Crippen MR) is 88.3 cm³/mol. The molecule has 3 N–H and O–H groups in total. The van der Waals surface area contributed by atoms with Crippen molar-refractivity contribution >= 4 is 27.8 Å². The Balaban J connectivity index is 1.61. The number of carbonyl (C=O) groups excluding carboxylic acids is 1. The topological polar surface area (TPSA) is 55.1 Å². The number of ketones is 1. The van der Waals surface area contributed by atoms with Gasteiger partial charge in [0.25, 0.3) is 0 Å². The summed E-state index contributed by atoms with van der Waals surface area (Å²) in [6, 6.07) is 0.582. The Bertz CT molecular complexity index is 551. The summed E-state index contributed by atoms with van der Waals surface area (Å²) in [6.45, 7) is 0. The minimum Gasteiger partial charge on any atom is -0.397 e. The van der Waals surface area contributed by atoms with Crippen LogP contribution in [0.4, 0.5) is 10.7 Å². The van der Waals surface area contributed by atoms with E-state index in [0.717, 1.165) is 23.4 Å². The van der Waals surface area contributed by atoms with Gasteiger partial charge in [0.05, 0.1) is 15.6 Å². The average molecular weight is 304 g/mol. The van der Waals surface area contributed by atoms with E-state index in [2.05, 4.69) is 5.32 Å². The number of hydrogen-bond acceptors (Lipinski definition) is 4. The van der Waals surface area contributed by atoms with Crippen LogP contribution >= 0.6 is 11.3 Å². The molecule has 3 fully saturated rings. The van der Waals surface area contributed by atoms with Gasteiger partial charge in [-0.25, -0.2) is 0 Å². The van der Waals surface area contributed by atoms with Crippen LogP contribution in [0.1, 0.15) is 78.9 Å². The number of Topliss-reactive ketones (excluding diaryl/α,β-unsaturated/α-hetero) is 1. The van der Waals surface area contributed by atoms with Crippen LogP contribution in [0.2, 0.25) is 0 Å². The second-order valence-corrected chi connectivity index (χ2v) is 8.00. The summed E-state index contributed by atoms with van der Waals surface area (Å²) in [4.78, 5) is 13.3. The molecule has 0 aliphatic heterocycles. The van der Waals surface area contributed by atoms with Gasteiger partial charge in [0.2, 0.25) is 0 Å². The van der Waals surface area contributed by atoms with Crippen LogP contribution in [-0.2, 0) is 0 Å². The van der Waals surface area contributed by atoms with Crippen LogP contribution in [0, 0.1) is 5.92 Å². The van der Waals surface area contributed by atoms with Crippen molar-refractivity contribution in [3.63, 3.8) is 0 Å². The van der Waals surface area contributed by atoms with Crippen molar-refractivity contribution in [1.82, 2.24) is 0 Å². The van der Waals surface area contributed by atoms with E-state index in [4.69, 9.17) is 5.73 Å². The highest BCUT2D eigenvalue weighted by molar-refractivity contribution is 7.19. The summed E-state index contributed by atoms with van der Waals surface area (Å²) >= 11 is 1.64.